The van der Waals surface area contributed by atoms with Crippen LogP contribution >= 0.6 is 0 Å². The molecule has 0 atom stereocenters. The fourth-order valence-electron chi connectivity index (χ4n) is 4.71. The maximum atomic E-state index is 13.9. The lowest BCUT2D eigenvalue weighted by Crippen LogP contribution is -2.00. The number of fused-ring (bicyclic) bond motifs is 2. The highest BCUT2D eigenvalue weighted by Gasteiger charge is 2.24. The van der Waals surface area contributed by atoms with E-state index in [9.17, 15) is 4.39 Å². The van der Waals surface area contributed by atoms with Crippen LogP contribution in [0.5, 0.6) is 0 Å². The van der Waals surface area contributed by atoms with Gasteiger partial charge in [-0.25, -0.2) is 14.4 Å². The van der Waals surface area contributed by atoms with Gasteiger partial charge in [0.25, 0.3) is 0 Å². The third-order valence-electron chi connectivity index (χ3n) is 6.79. The van der Waals surface area contributed by atoms with Gasteiger partial charge in [-0.05, 0) is 66.3 Å². The van der Waals surface area contributed by atoms with Crippen LogP contribution in [-0.2, 0) is 0 Å². The van der Waals surface area contributed by atoms with E-state index in [0.29, 0.717) is 17.2 Å². The van der Waals surface area contributed by atoms with Crippen molar-refractivity contribution < 1.29 is 4.39 Å². The van der Waals surface area contributed by atoms with Crippen molar-refractivity contribution in [2.45, 2.75) is 12.8 Å². The van der Waals surface area contributed by atoms with E-state index in [-0.39, 0.29) is 5.82 Å². The van der Waals surface area contributed by atoms with Gasteiger partial charge in [0.15, 0.2) is 5.65 Å². The van der Waals surface area contributed by atoms with Crippen LogP contribution < -0.4 is 5.32 Å². The lowest BCUT2D eigenvalue weighted by atomic mass is 10.0. The van der Waals surface area contributed by atoms with Gasteiger partial charge in [0.1, 0.15) is 17.2 Å². The second-order valence-corrected chi connectivity index (χ2v) is 9.39. The molecule has 180 valence electrons. The largest absolute Gasteiger partial charge is 0.358 e. The number of aromatic amines is 2. The summed E-state index contributed by atoms with van der Waals surface area (Å²) in [5.41, 5.74) is 8.43. The number of benzene rings is 1. The Bertz CT molecular complexity index is 1810. The second kappa shape index (κ2) is 8.37. The first-order valence-electron chi connectivity index (χ1n) is 12.1. The lowest BCUT2D eigenvalue weighted by Gasteiger charge is -2.09. The summed E-state index contributed by atoms with van der Waals surface area (Å²) >= 11 is 0. The Labute approximate surface area is 211 Å². The molecule has 0 bridgehead atoms. The SMILES string of the molecule is C=C(Nc1cncc(-c2cnc3[nH]nc(-c4cc5c(-c6cccc(F)c6)ccnc5[nH]4)c3c2)c1)C1CC1. The summed E-state index contributed by atoms with van der Waals surface area (Å²) in [6, 6.07) is 14.6. The highest BCUT2D eigenvalue weighted by Crippen LogP contribution is 2.37. The van der Waals surface area contributed by atoms with Gasteiger partial charge in [-0.15, -0.1) is 0 Å². The number of pyridine rings is 3. The van der Waals surface area contributed by atoms with Crippen LogP contribution in [0.1, 0.15) is 12.8 Å². The number of rotatable bonds is 6. The van der Waals surface area contributed by atoms with E-state index in [4.69, 9.17) is 0 Å². The number of aromatic nitrogens is 6. The minimum Gasteiger partial charge on any atom is -0.358 e. The second-order valence-electron chi connectivity index (χ2n) is 9.39. The molecule has 0 saturated heterocycles. The summed E-state index contributed by atoms with van der Waals surface area (Å²) in [5.74, 6) is 0.281. The van der Waals surface area contributed by atoms with Crippen LogP contribution in [0, 0.1) is 11.7 Å². The number of hydrogen-bond donors (Lipinski definition) is 3. The molecule has 0 aliphatic heterocycles. The van der Waals surface area contributed by atoms with Gasteiger partial charge in [0.05, 0.1) is 17.6 Å². The normalized spacial score (nSPS) is 13.3. The minimum atomic E-state index is -0.277. The van der Waals surface area contributed by atoms with Crippen molar-refractivity contribution in [3.8, 4) is 33.6 Å². The van der Waals surface area contributed by atoms with Gasteiger partial charge >= 0.3 is 0 Å². The van der Waals surface area contributed by atoms with Crippen molar-refractivity contribution in [3.63, 3.8) is 0 Å². The molecule has 3 N–H and O–H groups in total. The van der Waals surface area contributed by atoms with Gasteiger partial charge in [0.2, 0.25) is 0 Å². The van der Waals surface area contributed by atoms with E-state index in [2.05, 4.69) is 54.2 Å². The summed E-state index contributed by atoms with van der Waals surface area (Å²) in [6.45, 7) is 4.15. The Balaban J connectivity index is 1.28. The molecular weight excluding hydrogens is 465 g/mol. The number of nitrogens with zero attached hydrogens (tertiary/aromatic N) is 4. The average Bonchev–Trinajstić information content (AvgIpc) is 3.55. The van der Waals surface area contributed by atoms with Gasteiger partial charge in [-0.1, -0.05) is 18.7 Å². The van der Waals surface area contributed by atoms with Crippen LogP contribution in [0.2, 0.25) is 0 Å². The highest BCUT2D eigenvalue weighted by atomic mass is 19.1. The number of H-pyrrole nitrogens is 2. The van der Waals surface area contributed by atoms with E-state index in [1.54, 1.807) is 18.5 Å². The molecule has 1 aliphatic carbocycles. The van der Waals surface area contributed by atoms with Crippen LogP contribution in [0.3, 0.4) is 0 Å². The summed E-state index contributed by atoms with van der Waals surface area (Å²) in [7, 11) is 0. The Morgan fingerprint density at radius 1 is 0.919 bits per heavy atom. The lowest BCUT2D eigenvalue weighted by molar-refractivity contribution is 0.628. The third-order valence-corrected chi connectivity index (χ3v) is 6.79. The van der Waals surface area contributed by atoms with E-state index >= 15 is 0 Å². The van der Waals surface area contributed by atoms with Gasteiger partial charge in [-0.2, -0.15) is 5.10 Å². The van der Waals surface area contributed by atoms with Gasteiger partial charge < -0.3 is 10.3 Å². The first-order valence-corrected chi connectivity index (χ1v) is 12.1. The van der Waals surface area contributed by atoms with Crippen molar-refractivity contribution in [1.82, 2.24) is 30.1 Å². The molecule has 0 unspecified atom stereocenters. The summed E-state index contributed by atoms with van der Waals surface area (Å²) in [5, 5.41) is 12.7. The molecule has 1 fully saturated rings. The number of anilines is 1. The van der Waals surface area contributed by atoms with Gasteiger partial charge in [0, 0.05) is 46.2 Å². The average molecular weight is 488 g/mol. The number of hydrogen-bond acceptors (Lipinski definition) is 5. The van der Waals surface area contributed by atoms with E-state index in [0.717, 1.165) is 55.8 Å². The number of halogens is 1. The van der Waals surface area contributed by atoms with Crippen molar-refractivity contribution in [1.29, 1.82) is 0 Å². The van der Waals surface area contributed by atoms with Crippen LogP contribution in [-0.4, -0.2) is 30.1 Å². The van der Waals surface area contributed by atoms with E-state index < -0.39 is 0 Å². The zero-order chi connectivity index (χ0) is 24.9. The first kappa shape index (κ1) is 21.4. The Morgan fingerprint density at radius 2 is 1.81 bits per heavy atom. The monoisotopic (exact) mass is 487 g/mol. The summed E-state index contributed by atoms with van der Waals surface area (Å²) in [4.78, 5) is 16.9. The van der Waals surface area contributed by atoms with E-state index in [1.165, 1.54) is 25.0 Å². The van der Waals surface area contributed by atoms with Crippen LogP contribution in [0.15, 0.2) is 85.6 Å². The van der Waals surface area contributed by atoms with Crippen molar-refractivity contribution in [3.05, 3.63) is 91.4 Å². The minimum absolute atomic E-state index is 0.277. The van der Waals surface area contributed by atoms with Gasteiger partial charge in [-0.3, -0.25) is 10.1 Å². The molecule has 1 aromatic carbocycles. The number of nitrogens with one attached hydrogen (secondary N) is 3. The first-order chi connectivity index (χ1) is 18.1. The predicted molar refractivity (Wildman–Crippen MR) is 143 cm³/mol. The van der Waals surface area contributed by atoms with Crippen molar-refractivity contribution in [2.24, 2.45) is 5.92 Å². The Morgan fingerprint density at radius 3 is 2.68 bits per heavy atom. The molecule has 0 amide bonds. The maximum Gasteiger partial charge on any atom is 0.155 e. The molecular formula is C29H22FN7. The molecule has 1 saturated carbocycles. The van der Waals surface area contributed by atoms with Crippen LogP contribution in [0.4, 0.5) is 10.1 Å². The molecule has 6 aromatic rings. The topological polar surface area (TPSA) is 95.2 Å². The zero-order valence-corrected chi connectivity index (χ0v) is 19.8. The molecule has 1 aliphatic rings. The molecule has 5 heterocycles. The maximum absolute atomic E-state index is 13.9. The summed E-state index contributed by atoms with van der Waals surface area (Å²) in [6.07, 6.45) is 9.55. The predicted octanol–water partition coefficient (Wildman–Crippen LogP) is 6.70. The van der Waals surface area contributed by atoms with Crippen molar-refractivity contribution >= 4 is 27.8 Å². The molecule has 5 aromatic heterocycles. The van der Waals surface area contributed by atoms with E-state index in [1.807, 2.05) is 30.6 Å². The molecule has 0 radical (unpaired) electrons. The Kier molecular flexibility index (Phi) is 4.85. The standard InChI is InChI=1S/C29H22FN7/c1-16(17-5-6-17)34-22-10-19(13-31-15-22)20-11-25-27(36-37-29(25)33-14-20)26-12-24-23(7-8-32-28(24)35-26)18-3-2-4-21(30)9-18/h2-4,7-15,17,34H,1,5-6H2,(H,32,35)(H,33,36,37). The smallest absolute Gasteiger partial charge is 0.155 e. The third kappa shape index (κ3) is 3.92. The zero-order valence-electron chi connectivity index (χ0n) is 19.8. The fraction of sp³-hybridized carbons (Fsp3) is 0.103. The van der Waals surface area contributed by atoms with Crippen LogP contribution in [0.25, 0.3) is 55.7 Å². The summed E-state index contributed by atoms with van der Waals surface area (Å²) < 4.78 is 13.9. The quantitative estimate of drug-likeness (QED) is 0.243. The van der Waals surface area contributed by atoms with Crippen molar-refractivity contribution in [2.75, 3.05) is 5.32 Å². The fourth-order valence-corrected chi connectivity index (χ4v) is 4.71. The Hall–Kier alpha value is -4.85. The molecule has 7 rings (SSSR count). The molecule has 8 heteroatoms. The highest BCUT2D eigenvalue weighted by molar-refractivity contribution is 5.99. The number of allylic oxidation sites excluding steroid dienone is 1. The molecule has 7 nitrogen and oxygen atoms in total. The molecule has 0 spiro atoms. The molecule has 37 heavy (non-hydrogen) atoms.